The van der Waals surface area contributed by atoms with E-state index in [4.69, 9.17) is 0 Å². The van der Waals surface area contributed by atoms with Crippen LogP contribution < -0.4 is 0 Å². The SMILES string of the molecule is CC(C)c1ccc2c(n1)C(=O)N(CC(C)(C)O)C2. The summed E-state index contributed by atoms with van der Waals surface area (Å²) in [5, 5.41) is 9.80. The molecule has 0 fully saturated rings. The fourth-order valence-corrected chi connectivity index (χ4v) is 2.16. The Kier molecular flexibility index (Phi) is 3.15. The van der Waals surface area contributed by atoms with E-state index in [2.05, 4.69) is 18.8 Å². The standard InChI is InChI=1S/C14H20N2O2/c1-9(2)11-6-5-10-7-16(8-14(3,4)18)13(17)12(10)15-11/h5-6,9,18H,7-8H2,1-4H3. The Morgan fingerprint density at radius 2 is 2.11 bits per heavy atom. The van der Waals surface area contributed by atoms with Crippen LogP contribution in [-0.2, 0) is 6.54 Å². The zero-order chi connectivity index (χ0) is 13.5. The van der Waals surface area contributed by atoms with E-state index in [0.717, 1.165) is 11.3 Å². The predicted molar refractivity (Wildman–Crippen MR) is 69.4 cm³/mol. The number of aromatic nitrogens is 1. The molecular weight excluding hydrogens is 228 g/mol. The van der Waals surface area contributed by atoms with Gasteiger partial charge in [0, 0.05) is 24.3 Å². The van der Waals surface area contributed by atoms with Crippen molar-refractivity contribution in [2.24, 2.45) is 0 Å². The zero-order valence-corrected chi connectivity index (χ0v) is 11.4. The predicted octanol–water partition coefficient (Wildman–Crippen LogP) is 1.93. The number of nitrogens with zero attached hydrogens (tertiary/aromatic N) is 2. The van der Waals surface area contributed by atoms with Gasteiger partial charge < -0.3 is 10.0 Å². The van der Waals surface area contributed by atoms with Crippen LogP contribution in [0.1, 0.15) is 55.4 Å². The van der Waals surface area contributed by atoms with Crippen molar-refractivity contribution < 1.29 is 9.90 Å². The molecule has 0 unspecified atom stereocenters. The number of fused-ring (bicyclic) bond motifs is 1. The molecule has 0 saturated carbocycles. The van der Waals surface area contributed by atoms with Crippen molar-refractivity contribution in [3.05, 3.63) is 29.1 Å². The maximum absolute atomic E-state index is 12.2. The number of β-amino-alcohol motifs (C(OH)–C–C–N with tert-alkyl or cyclic N) is 1. The maximum Gasteiger partial charge on any atom is 0.273 e. The van der Waals surface area contributed by atoms with E-state index in [0.29, 0.717) is 24.7 Å². The minimum Gasteiger partial charge on any atom is -0.389 e. The van der Waals surface area contributed by atoms with Crippen LogP contribution in [0.15, 0.2) is 12.1 Å². The number of rotatable bonds is 3. The highest BCUT2D eigenvalue weighted by Gasteiger charge is 2.32. The van der Waals surface area contributed by atoms with Gasteiger partial charge in [0.05, 0.1) is 5.60 Å². The molecule has 0 aliphatic carbocycles. The molecule has 4 nitrogen and oxygen atoms in total. The van der Waals surface area contributed by atoms with Crippen LogP contribution >= 0.6 is 0 Å². The summed E-state index contributed by atoms with van der Waals surface area (Å²) < 4.78 is 0. The summed E-state index contributed by atoms with van der Waals surface area (Å²) in [4.78, 5) is 18.3. The van der Waals surface area contributed by atoms with Gasteiger partial charge in [-0.1, -0.05) is 19.9 Å². The van der Waals surface area contributed by atoms with E-state index in [1.807, 2.05) is 12.1 Å². The first kappa shape index (κ1) is 13.0. The molecule has 98 valence electrons. The van der Waals surface area contributed by atoms with Gasteiger partial charge in [0.25, 0.3) is 5.91 Å². The molecule has 18 heavy (non-hydrogen) atoms. The van der Waals surface area contributed by atoms with E-state index >= 15 is 0 Å². The van der Waals surface area contributed by atoms with Gasteiger partial charge in [0.1, 0.15) is 5.69 Å². The lowest BCUT2D eigenvalue weighted by Gasteiger charge is -2.24. The fourth-order valence-electron chi connectivity index (χ4n) is 2.16. The summed E-state index contributed by atoms with van der Waals surface area (Å²) in [6.07, 6.45) is 0. The van der Waals surface area contributed by atoms with Crippen LogP contribution in [0.5, 0.6) is 0 Å². The molecular formula is C14H20N2O2. The third kappa shape index (κ3) is 2.53. The Morgan fingerprint density at radius 1 is 1.44 bits per heavy atom. The first-order chi connectivity index (χ1) is 8.28. The number of hydrogen-bond donors (Lipinski definition) is 1. The van der Waals surface area contributed by atoms with E-state index in [1.165, 1.54) is 0 Å². The lowest BCUT2D eigenvalue weighted by molar-refractivity contribution is 0.0312. The number of hydrogen-bond acceptors (Lipinski definition) is 3. The van der Waals surface area contributed by atoms with Crippen molar-refractivity contribution in [3.8, 4) is 0 Å². The molecule has 0 aromatic carbocycles. The second kappa shape index (κ2) is 4.35. The molecule has 0 radical (unpaired) electrons. The van der Waals surface area contributed by atoms with Crippen molar-refractivity contribution >= 4 is 5.91 Å². The summed E-state index contributed by atoms with van der Waals surface area (Å²) in [6, 6.07) is 3.95. The number of amides is 1. The molecule has 0 saturated heterocycles. The van der Waals surface area contributed by atoms with Gasteiger partial charge in [-0.3, -0.25) is 4.79 Å². The number of aliphatic hydroxyl groups is 1. The quantitative estimate of drug-likeness (QED) is 0.889. The van der Waals surface area contributed by atoms with Crippen molar-refractivity contribution in [1.82, 2.24) is 9.88 Å². The topological polar surface area (TPSA) is 53.4 Å². The van der Waals surface area contributed by atoms with Gasteiger partial charge >= 0.3 is 0 Å². The molecule has 1 aliphatic rings. The van der Waals surface area contributed by atoms with E-state index in [-0.39, 0.29) is 5.91 Å². The molecule has 1 aromatic rings. The van der Waals surface area contributed by atoms with Crippen LogP contribution in [0.2, 0.25) is 0 Å². The maximum atomic E-state index is 12.2. The average molecular weight is 248 g/mol. The van der Waals surface area contributed by atoms with Gasteiger partial charge in [-0.15, -0.1) is 0 Å². The lowest BCUT2D eigenvalue weighted by atomic mass is 10.1. The normalized spacial score (nSPS) is 15.4. The van der Waals surface area contributed by atoms with Crippen LogP contribution in [0.4, 0.5) is 0 Å². The minimum atomic E-state index is -0.876. The molecule has 1 N–H and O–H groups in total. The Balaban J connectivity index is 2.26. The molecule has 4 heteroatoms. The Bertz CT molecular complexity index is 475. The zero-order valence-electron chi connectivity index (χ0n) is 11.4. The van der Waals surface area contributed by atoms with Crippen LogP contribution in [0, 0.1) is 0 Å². The van der Waals surface area contributed by atoms with Crippen LogP contribution in [0.3, 0.4) is 0 Å². The largest absolute Gasteiger partial charge is 0.389 e. The number of carbonyl (C=O) groups is 1. The van der Waals surface area contributed by atoms with Crippen molar-refractivity contribution in [2.45, 2.75) is 45.8 Å². The van der Waals surface area contributed by atoms with E-state index in [1.54, 1.807) is 18.7 Å². The summed E-state index contributed by atoms with van der Waals surface area (Å²) in [7, 11) is 0. The minimum absolute atomic E-state index is 0.0744. The van der Waals surface area contributed by atoms with E-state index < -0.39 is 5.60 Å². The Morgan fingerprint density at radius 3 is 2.67 bits per heavy atom. The fraction of sp³-hybridized carbons (Fsp3) is 0.571. The van der Waals surface area contributed by atoms with Crippen molar-refractivity contribution in [2.75, 3.05) is 6.54 Å². The molecule has 0 atom stereocenters. The third-order valence-electron chi connectivity index (χ3n) is 3.02. The van der Waals surface area contributed by atoms with Crippen molar-refractivity contribution in [3.63, 3.8) is 0 Å². The van der Waals surface area contributed by atoms with E-state index in [9.17, 15) is 9.90 Å². The monoisotopic (exact) mass is 248 g/mol. The summed E-state index contributed by atoms with van der Waals surface area (Å²) in [6.45, 7) is 8.40. The molecule has 2 heterocycles. The summed E-state index contributed by atoms with van der Waals surface area (Å²) >= 11 is 0. The lowest BCUT2D eigenvalue weighted by Crippen LogP contribution is -2.38. The molecule has 0 spiro atoms. The van der Waals surface area contributed by atoms with Gasteiger partial charge in [-0.05, 0) is 25.8 Å². The van der Waals surface area contributed by atoms with Gasteiger partial charge in [-0.25, -0.2) is 4.98 Å². The highest BCUT2D eigenvalue weighted by atomic mass is 16.3. The summed E-state index contributed by atoms with van der Waals surface area (Å²) in [5.41, 5.74) is 1.56. The smallest absolute Gasteiger partial charge is 0.273 e. The second-order valence-electron chi connectivity index (χ2n) is 5.87. The van der Waals surface area contributed by atoms with Crippen LogP contribution in [-0.4, -0.2) is 33.0 Å². The second-order valence-corrected chi connectivity index (χ2v) is 5.87. The molecule has 0 bridgehead atoms. The number of carbonyl (C=O) groups excluding carboxylic acids is 1. The van der Waals surface area contributed by atoms with Crippen LogP contribution in [0.25, 0.3) is 0 Å². The highest BCUT2D eigenvalue weighted by Crippen LogP contribution is 2.24. The first-order valence-electron chi connectivity index (χ1n) is 6.29. The molecule has 1 amide bonds. The van der Waals surface area contributed by atoms with Gasteiger partial charge in [0.15, 0.2) is 0 Å². The Hall–Kier alpha value is -1.42. The number of pyridine rings is 1. The Labute approximate surface area is 108 Å². The highest BCUT2D eigenvalue weighted by molar-refractivity contribution is 5.96. The molecule has 1 aromatic heterocycles. The molecule has 2 rings (SSSR count). The van der Waals surface area contributed by atoms with Crippen molar-refractivity contribution in [1.29, 1.82) is 0 Å². The van der Waals surface area contributed by atoms with Gasteiger partial charge in [-0.2, -0.15) is 0 Å². The summed E-state index contributed by atoms with van der Waals surface area (Å²) in [5.74, 6) is 0.237. The average Bonchev–Trinajstić information content (AvgIpc) is 2.53. The third-order valence-corrected chi connectivity index (χ3v) is 3.02. The van der Waals surface area contributed by atoms with Gasteiger partial charge in [0.2, 0.25) is 0 Å². The first-order valence-corrected chi connectivity index (χ1v) is 6.29. The molecule has 1 aliphatic heterocycles.